The molecule has 0 aliphatic rings. The van der Waals surface area contributed by atoms with Gasteiger partial charge in [0.05, 0.1) is 11.5 Å². The zero-order chi connectivity index (χ0) is 19.8. The molecule has 2 atom stereocenters. The lowest BCUT2D eigenvalue weighted by Gasteiger charge is -2.43. The number of unbranched alkanes of at least 4 members (excludes halogenated alkanes) is 1. The van der Waals surface area contributed by atoms with Crippen molar-refractivity contribution in [2.45, 2.75) is 51.0 Å². The summed E-state index contributed by atoms with van der Waals surface area (Å²) in [4.78, 5) is 0. The summed E-state index contributed by atoms with van der Waals surface area (Å²) in [6.07, 6.45) is 3.80. The van der Waals surface area contributed by atoms with Crippen LogP contribution in [0.2, 0.25) is 0 Å². The van der Waals surface area contributed by atoms with Gasteiger partial charge in [0, 0.05) is 0 Å². The van der Waals surface area contributed by atoms with Gasteiger partial charge >= 0.3 is 0 Å². The molecule has 0 aliphatic heterocycles. The summed E-state index contributed by atoms with van der Waals surface area (Å²) in [5.41, 5.74) is 2.86. The topological polar surface area (TPSA) is 20.2 Å². The van der Waals surface area contributed by atoms with Crippen LogP contribution in [0.25, 0.3) is 0 Å². The molecule has 0 spiro atoms. The van der Waals surface area contributed by atoms with E-state index in [-0.39, 0.29) is 5.92 Å². The smallest absolute Gasteiger partial charge is 0.0746 e. The van der Waals surface area contributed by atoms with Gasteiger partial charge in [-0.1, -0.05) is 124 Å². The Labute approximate surface area is 170 Å². The van der Waals surface area contributed by atoms with E-state index in [2.05, 4.69) is 86.6 Å². The third-order valence-corrected chi connectivity index (χ3v) is 6.03. The molecular weight excluding hydrogens is 340 g/mol. The molecule has 1 heteroatoms. The molecule has 0 saturated carbocycles. The zero-order valence-electron chi connectivity index (χ0n) is 17.1. The van der Waals surface area contributed by atoms with Gasteiger partial charge in [-0.3, -0.25) is 0 Å². The van der Waals surface area contributed by atoms with Crippen molar-refractivity contribution in [2.24, 2.45) is 5.92 Å². The lowest BCUT2D eigenvalue weighted by atomic mass is 9.62. The molecule has 0 aromatic heterocycles. The molecule has 0 bridgehead atoms. The number of hydrogen-bond donors (Lipinski definition) is 1. The summed E-state index contributed by atoms with van der Waals surface area (Å²) in [6.45, 7) is 4.42. The highest BCUT2D eigenvalue weighted by Gasteiger charge is 2.45. The quantitative estimate of drug-likeness (QED) is 0.420. The second kappa shape index (κ2) is 9.71. The van der Waals surface area contributed by atoms with E-state index in [0.717, 1.165) is 42.4 Å². The van der Waals surface area contributed by atoms with Crippen molar-refractivity contribution in [3.05, 3.63) is 108 Å². The van der Waals surface area contributed by atoms with Crippen LogP contribution in [-0.2, 0) is 5.41 Å². The van der Waals surface area contributed by atoms with Crippen molar-refractivity contribution in [1.29, 1.82) is 0 Å². The van der Waals surface area contributed by atoms with E-state index < -0.39 is 11.5 Å². The highest BCUT2D eigenvalue weighted by molar-refractivity contribution is 5.52. The van der Waals surface area contributed by atoms with Crippen LogP contribution in [-0.4, -0.2) is 11.2 Å². The second-order valence-electron chi connectivity index (χ2n) is 7.66. The van der Waals surface area contributed by atoms with Gasteiger partial charge in [0.25, 0.3) is 0 Å². The summed E-state index contributed by atoms with van der Waals surface area (Å²) in [6, 6.07) is 31.6. The Morgan fingerprint density at radius 2 is 1.07 bits per heavy atom. The molecule has 0 saturated heterocycles. The van der Waals surface area contributed by atoms with Crippen molar-refractivity contribution in [3.63, 3.8) is 0 Å². The SMILES string of the molecule is CCCCC(CC)C(O)C(c1ccccc1)(c1ccccc1)c1ccccc1. The molecule has 3 aromatic carbocycles. The van der Waals surface area contributed by atoms with Crippen LogP contribution in [0.1, 0.15) is 56.2 Å². The highest BCUT2D eigenvalue weighted by Crippen LogP contribution is 2.45. The van der Waals surface area contributed by atoms with Crippen LogP contribution < -0.4 is 0 Å². The normalized spacial score (nSPS) is 13.8. The fourth-order valence-electron chi connectivity index (χ4n) is 4.52. The summed E-state index contributed by atoms with van der Waals surface area (Å²) in [5.74, 6) is 0.237. The monoisotopic (exact) mass is 372 g/mol. The molecule has 3 aromatic rings. The fourth-order valence-corrected chi connectivity index (χ4v) is 4.52. The molecular formula is C27H32O. The predicted octanol–water partition coefficient (Wildman–Crippen LogP) is 6.60. The Morgan fingerprint density at radius 1 is 0.679 bits per heavy atom. The largest absolute Gasteiger partial charge is 0.391 e. The average molecular weight is 373 g/mol. The average Bonchev–Trinajstić information content (AvgIpc) is 2.77. The van der Waals surface area contributed by atoms with E-state index in [1.165, 1.54) is 0 Å². The van der Waals surface area contributed by atoms with E-state index in [9.17, 15) is 5.11 Å². The number of aliphatic hydroxyl groups is 1. The molecule has 0 aliphatic carbocycles. The predicted molar refractivity (Wildman–Crippen MR) is 119 cm³/mol. The van der Waals surface area contributed by atoms with Crippen molar-refractivity contribution in [3.8, 4) is 0 Å². The Kier molecular flexibility index (Phi) is 7.06. The first-order valence-electron chi connectivity index (χ1n) is 10.6. The van der Waals surface area contributed by atoms with Crippen molar-refractivity contribution in [1.82, 2.24) is 0 Å². The zero-order valence-corrected chi connectivity index (χ0v) is 17.1. The lowest BCUT2D eigenvalue weighted by molar-refractivity contribution is 0.0540. The second-order valence-corrected chi connectivity index (χ2v) is 7.66. The Balaban J connectivity index is 2.27. The van der Waals surface area contributed by atoms with Crippen LogP contribution in [0.15, 0.2) is 91.0 Å². The fraction of sp³-hybridized carbons (Fsp3) is 0.333. The number of hydrogen-bond acceptors (Lipinski definition) is 1. The van der Waals surface area contributed by atoms with E-state index in [0.29, 0.717) is 0 Å². The van der Waals surface area contributed by atoms with Crippen LogP contribution in [0.5, 0.6) is 0 Å². The van der Waals surface area contributed by atoms with Crippen molar-refractivity contribution < 1.29 is 5.11 Å². The molecule has 0 amide bonds. The molecule has 0 heterocycles. The molecule has 3 rings (SSSR count). The Hall–Kier alpha value is -2.38. The molecule has 146 valence electrons. The van der Waals surface area contributed by atoms with Crippen LogP contribution in [0.4, 0.5) is 0 Å². The third-order valence-electron chi connectivity index (χ3n) is 6.03. The minimum absolute atomic E-state index is 0.237. The molecule has 1 nitrogen and oxygen atoms in total. The van der Waals surface area contributed by atoms with Gasteiger partial charge < -0.3 is 5.11 Å². The summed E-state index contributed by atoms with van der Waals surface area (Å²) < 4.78 is 0. The maximum Gasteiger partial charge on any atom is 0.0746 e. The third kappa shape index (κ3) is 3.91. The molecule has 28 heavy (non-hydrogen) atoms. The van der Waals surface area contributed by atoms with Gasteiger partial charge in [0.1, 0.15) is 0 Å². The summed E-state index contributed by atoms with van der Waals surface area (Å²) in [5, 5.41) is 12.0. The number of benzene rings is 3. The van der Waals surface area contributed by atoms with E-state index in [1.54, 1.807) is 0 Å². The Bertz CT molecular complexity index is 714. The minimum atomic E-state index is -0.585. The van der Waals surface area contributed by atoms with Gasteiger partial charge in [-0.15, -0.1) is 0 Å². The van der Waals surface area contributed by atoms with Crippen LogP contribution >= 0.6 is 0 Å². The van der Waals surface area contributed by atoms with Gasteiger partial charge in [-0.2, -0.15) is 0 Å². The van der Waals surface area contributed by atoms with Crippen molar-refractivity contribution in [2.75, 3.05) is 0 Å². The first kappa shape index (κ1) is 20.4. The van der Waals surface area contributed by atoms with Crippen LogP contribution in [0.3, 0.4) is 0 Å². The standard InChI is InChI=1S/C27H32O/c1-3-5-15-22(4-2)26(28)27(23-16-9-6-10-17-23,24-18-11-7-12-19-24)25-20-13-8-14-21-25/h6-14,16-22,26,28H,3-5,15H2,1-2H3. The summed E-state index contributed by atoms with van der Waals surface area (Å²) >= 11 is 0. The van der Waals surface area contributed by atoms with Gasteiger partial charge in [0.15, 0.2) is 0 Å². The highest BCUT2D eigenvalue weighted by atomic mass is 16.3. The maximum atomic E-state index is 12.0. The van der Waals surface area contributed by atoms with Crippen LogP contribution in [0, 0.1) is 5.92 Å². The van der Waals surface area contributed by atoms with Crippen molar-refractivity contribution >= 4 is 0 Å². The van der Waals surface area contributed by atoms with Gasteiger partial charge in [-0.25, -0.2) is 0 Å². The lowest BCUT2D eigenvalue weighted by Crippen LogP contribution is -2.46. The van der Waals surface area contributed by atoms with E-state index in [4.69, 9.17) is 0 Å². The Morgan fingerprint density at radius 3 is 1.39 bits per heavy atom. The van der Waals surface area contributed by atoms with E-state index >= 15 is 0 Å². The van der Waals surface area contributed by atoms with Gasteiger partial charge in [0.2, 0.25) is 0 Å². The molecule has 0 fully saturated rings. The summed E-state index contributed by atoms with van der Waals surface area (Å²) in [7, 11) is 0. The first-order chi connectivity index (χ1) is 13.7. The van der Waals surface area contributed by atoms with Gasteiger partial charge in [-0.05, 0) is 29.0 Å². The first-order valence-corrected chi connectivity index (χ1v) is 10.6. The number of rotatable bonds is 9. The van der Waals surface area contributed by atoms with E-state index in [1.807, 2.05) is 18.2 Å². The molecule has 2 unspecified atom stereocenters. The minimum Gasteiger partial charge on any atom is -0.391 e. The number of aliphatic hydroxyl groups excluding tert-OH is 1. The molecule has 0 radical (unpaired) electrons. The maximum absolute atomic E-state index is 12.0. The molecule has 1 N–H and O–H groups in total.